The quantitative estimate of drug-likeness (QED) is 0.689. The predicted octanol–water partition coefficient (Wildman–Crippen LogP) is 4.47. The van der Waals surface area contributed by atoms with Crippen LogP contribution in [-0.2, 0) is 6.42 Å². The van der Waals surface area contributed by atoms with Crippen LogP contribution in [-0.4, -0.2) is 9.97 Å². The van der Waals surface area contributed by atoms with E-state index < -0.39 is 0 Å². The summed E-state index contributed by atoms with van der Waals surface area (Å²) in [6.45, 7) is 2.07. The lowest BCUT2D eigenvalue weighted by Crippen LogP contribution is -2.16. The smallest absolute Gasteiger partial charge is 0.264 e. The number of aromatic nitrogens is 2. The Labute approximate surface area is 135 Å². The topological polar surface area (TPSA) is 45.8 Å². The molecule has 0 saturated heterocycles. The molecule has 18 heavy (non-hydrogen) atoms. The summed E-state index contributed by atoms with van der Waals surface area (Å²) in [4.78, 5) is 20.0. The minimum absolute atomic E-state index is 0.0929. The molecule has 3 nitrogen and oxygen atoms in total. The molecule has 0 aliphatic rings. The second kappa shape index (κ2) is 6.02. The number of aromatic amines is 1. The van der Waals surface area contributed by atoms with Crippen molar-refractivity contribution in [3.8, 4) is 10.7 Å². The van der Waals surface area contributed by atoms with Crippen LogP contribution in [0.5, 0.6) is 0 Å². The first-order chi connectivity index (χ1) is 8.52. The van der Waals surface area contributed by atoms with Crippen LogP contribution in [0.1, 0.15) is 19.0 Å². The normalized spacial score (nSPS) is 10.9. The molecule has 0 saturated carbocycles. The van der Waals surface area contributed by atoms with Crippen LogP contribution in [0.25, 0.3) is 10.7 Å². The molecular weight excluding hydrogens is 450 g/mol. The van der Waals surface area contributed by atoms with E-state index in [4.69, 9.17) is 11.6 Å². The molecule has 2 rings (SSSR count). The number of rotatable bonds is 3. The molecule has 0 radical (unpaired) electrons. The maximum atomic E-state index is 11.9. The largest absolute Gasteiger partial charge is 0.305 e. The molecule has 2 heterocycles. The SMILES string of the molecule is CCCc1nc(-c2cc(Br)c(Cl)s2)[nH]c(=O)c1I. The summed E-state index contributed by atoms with van der Waals surface area (Å²) in [6.07, 6.45) is 1.76. The molecule has 0 spiro atoms. The fourth-order valence-corrected chi connectivity index (χ4v) is 3.66. The Morgan fingerprint density at radius 2 is 2.33 bits per heavy atom. The Kier molecular flexibility index (Phi) is 4.85. The van der Waals surface area contributed by atoms with E-state index in [1.807, 2.05) is 28.7 Å². The van der Waals surface area contributed by atoms with Crippen molar-refractivity contribution in [2.75, 3.05) is 0 Å². The molecule has 0 bridgehead atoms. The number of hydrogen-bond acceptors (Lipinski definition) is 3. The minimum atomic E-state index is -0.0929. The average Bonchev–Trinajstić information content (AvgIpc) is 2.65. The number of aryl methyl sites for hydroxylation is 1. The van der Waals surface area contributed by atoms with Gasteiger partial charge in [0, 0.05) is 4.47 Å². The van der Waals surface area contributed by atoms with Gasteiger partial charge in [-0.3, -0.25) is 4.79 Å². The number of H-pyrrole nitrogens is 1. The standard InChI is InChI=1S/C11H9BrClIN2OS/c1-2-3-6-8(14)11(17)16-10(15-6)7-4-5(12)9(13)18-7/h4H,2-3H2,1H3,(H,15,16,17). The fraction of sp³-hybridized carbons (Fsp3) is 0.273. The zero-order valence-electron chi connectivity index (χ0n) is 9.39. The number of hydrogen-bond donors (Lipinski definition) is 1. The lowest BCUT2D eigenvalue weighted by molar-refractivity contribution is 0.861. The maximum Gasteiger partial charge on any atom is 0.264 e. The van der Waals surface area contributed by atoms with Gasteiger partial charge in [-0.2, -0.15) is 0 Å². The summed E-state index contributed by atoms with van der Waals surface area (Å²) in [6, 6.07) is 1.87. The highest BCUT2D eigenvalue weighted by Crippen LogP contribution is 2.36. The first kappa shape index (κ1) is 14.5. The molecular formula is C11H9BrClIN2OS. The van der Waals surface area contributed by atoms with Gasteiger partial charge in [0.1, 0.15) is 4.34 Å². The van der Waals surface area contributed by atoms with E-state index in [1.165, 1.54) is 11.3 Å². The molecule has 0 aliphatic carbocycles. The third-order valence-electron chi connectivity index (χ3n) is 2.30. The number of thiophene rings is 1. The van der Waals surface area contributed by atoms with E-state index in [-0.39, 0.29) is 5.56 Å². The Bertz CT molecular complexity index is 621. The van der Waals surface area contributed by atoms with E-state index in [2.05, 4.69) is 32.8 Å². The molecule has 0 aromatic carbocycles. The van der Waals surface area contributed by atoms with Gasteiger partial charge in [0.25, 0.3) is 5.56 Å². The molecule has 0 aliphatic heterocycles. The monoisotopic (exact) mass is 458 g/mol. The summed E-state index contributed by atoms with van der Waals surface area (Å²) in [5.74, 6) is 0.585. The minimum Gasteiger partial charge on any atom is -0.305 e. The second-order valence-corrected chi connectivity index (χ2v) is 7.24. The van der Waals surface area contributed by atoms with Gasteiger partial charge in [0.15, 0.2) is 5.82 Å². The molecule has 0 fully saturated rings. The van der Waals surface area contributed by atoms with Crippen molar-refractivity contribution in [2.24, 2.45) is 0 Å². The van der Waals surface area contributed by atoms with Crippen molar-refractivity contribution in [2.45, 2.75) is 19.8 Å². The van der Waals surface area contributed by atoms with Gasteiger partial charge in [0.2, 0.25) is 0 Å². The molecule has 1 N–H and O–H groups in total. The van der Waals surface area contributed by atoms with Crippen LogP contribution < -0.4 is 5.56 Å². The van der Waals surface area contributed by atoms with Gasteiger partial charge >= 0.3 is 0 Å². The molecule has 0 amide bonds. The summed E-state index contributed by atoms with van der Waals surface area (Å²) in [5.41, 5.74) is 0.752. The van der Waals surface area contributed by atoms with Crippen LogP contribution in [0, 0.1) is 3.57 Å². The van der Waals surface area contributed by atoms with E-state index >= 15 is 0 Å². The molecule has 0 atom stereocenters. The Morgan fingerprint density at radius 3 is 2.89 bits per heavy atom. The highest BCUT2D eigenvalue weighted by Gasteiger charge is 2.13. The Morgan fingerprint density at radius 1 is 1.61 bits per heavy atom. The molecule has 7 heteroatoms. The predicted molar refractivity (Wildman–Crippen MR) is 87.6 cm³/mol. The highest BCUT2D eigenvalue weighted by molar-refractivity contribution is 14.1. The second-order valence-electron chi connectivity index (χ2n) is 3.66. The van der Waals surface area contributed by atoms with Gasteiger partial charge in [-0.1, -0.05) is 24.9 Å². The van der Waals surface area contributed by atoms with Gasteiger partial charge in [0.05, 0.1) is 14.1 Å². The average molecular weight is 460 g/mol. The zero-order chi connectivity index (χ0) is 13.3. The van der Waals surface area contributed by atoms with Crippen molar-refractivity contribution in [1.82, 2.24) is 9.97 Å². The zero-order valence-corrected chi connectivity index (χ0v) is 14.7. The summed E-state index contributed by atoms with van der Waals surface area (Å²) < 4.78 is 2.14. The van der Waals surface area contributed by atoms with Crippen LogP contribution in [0.3, 0.4) is 0 Å². The first-order valence-corrected chi connectivity index (χ1v) is 8.33. The third-order valence-corrected chi connectivity index (χ3v) is 5.89. The van der Waals surface area contributed by atoms with Crippen molar-refractivity contribution in [3.63, 3.8) is 0 Å². The lowest BCUT2D eigenvalue weighted by Gasteiger charge is -2.04. The van der Waals surface area contributed by atoms with Crippen LogP contribution in [0.2, 0.25) is 4.34 Å². The summed E-state index contributed by atoms with van der Waals surface area (Å²) >= 11 is 12.8. The van der Waals surface area contributed by atoms with Crippen molar-refractivity contribution < 1.29 is 0 Å². The van der Waals surface area contributed by atoms with Crippen molar-refractivity contribution >= 4 is 61.5 Å². The molecule has 2 aromatic rings. The molecule has 2 aromatic heterocycles. The number of nitrogens with zero attached hydrogens (tertiary/aromatic N) is 1. The van der Waals surface area contributed by atoms with Crippen LogP contribution in [0.4, 0.5) is 0 Å². The van der Waals surface area contributed by atoms with Crippen molar-refractivity contribution in [1.29, 1.82) is 0 Å². The van der Waals surface area contributed by atoms with Gasteiger partial charge in [-0.15, -0.1) is 11.3 Å². The van der Waals surface area contributed by atoms with Gasteiger partial charge < -0.3 is 4.98 Å². The van der Waals surface area contributed by atoms with Crippen molar-refractivity contribution in [3.05, 3.63) is 34.5 Å². The summed E-state index contributed by atoms with van der Waals surface area (Å²) in [5, 5.41) is 0. The molecule has 96 valence electrons. The third kappa shape index (κ3) is 2.97. The Hall–Kier alpha value is 0.0800. The number of nitrogens with one attached hydrogen (secondary N) is 1. The van der Waals surface area contributed by atoms with E-state index in [9.17, 15) is 4.79 Å². The maximum absolute atomic E-state index is 11.9. The summed E-state index contributed by atoms with van der Waals surface area (Å²) in [7, 11) is 0. The fourth-order valence-electron chi connectivity index (χ4n) is 1.49. The first-order valence-electron chi connectivity index (χ1n) is 5.26. The van der Waals surface area contributed by atoms with Crippen LogP contribution in [0.15, 0.2) is 15.3 Å². The van der Waals surface area contributed by atoms with Gasteiger partial charge in [-0.25, -0.2) is 4.98 Å². The van der Waals surface area contributed by atoms with E-state index in [0.29, 0.717) is 13.7 Å². The van der Waals surface area contributed by atoms with Gasteiger partial charge in [-0.05, 0) is 51.0 Å². The van der Waals surface area contributed by atoms with E-state index in [1.54, 1.807) is 0 Å². The molecule has 0 unspecified atom stereocenters. The van der Waals surface area contributed by atoms with E-state index in [0.717, 1.165) is 27.9 Å². The number of halogens is 3. The lowest BCUT2D eigenvalue weighted by atomic mass is 10.2. The van der Waals surface area contributed by atoms with Crippen LogP contribution >= 0.6 is 61.5 Å². The highest BCUT2D eigenvalue weighted by atomic mass is 127. The Balaban J connectivity index is 2.55.